The zero-order chi connectivity index (χ0) is 14.7. The lowest BCUT2D eigenvalue weighted by atomic mass is 10.1. The van der Waals surface area contributed by atoms with Gasteiger partial charge in [-0.25, -0.2) is 0 Å². The van der Waals surface area contributed by atoms with E-state index in [1.807, 2.05) is 0 Å². The number of benzene rings is 2. The molecule has 0 saturated carbocycles. The van der Waals surface area contributed by atoms with Gasteiger partial charge in [-0.3, -0.25) is 10.1 Å². The fourth-order valence-corrected chi connectivity index (χ4v) is 1.95. The molecule has 5 nitrogen and oxygen atoms in total. The fraction of sp³-hybridized carbons (Fsp3) is 0.143. The van der Waals surface area contributed by atoms with Crippen molar-refractivity contribution in [2.24, 2.45) is 0 Å². The minimum atomic E-state index is -0.548. The van der Waals surface area contributed by atoms with Crippen LogP contribution in [0.5, 0.6) is 11.5 Å². The molecule has 0 bridgehead atoms. The summed E-state index contributed by atoms with van der Waals surface area (Å²) in [5, 5.41) is 20.2. The number of nitro benzene ring substituents is 1. The first-order chi connectivity index (χ1) is 9.47. The number of ether oxygens (including phenoxy) is 1. The van der Waals surface area contributed by atoms with Gasteiger partial charge in [-0.1, -0.05) is 12.1 Å². The first-order valence-corrected chi connectivity index (χ1v) is 6.66. The van der Waals surface area contributed by atoms with Crippen LogP contribution in [0.4, 0.5) is 5.69 Å². The van der Waals surface area contributed by atoms with E-state index in [4.69, 9.17) is 4.74 Å². The zero-order valence-electron chi connectivity index (χ0n) is 10.6. The highest BCUT2D eigenvalue weighted by Gasteiger charge is 2.11. The maximum atomic E-state index is 10.7. The van der Waals surface area contributed by atoms with Crippen LogP contribution in [0, 0.1) is 10.1 Å². The second kappa shape index (κ2) is 6.02. The molecule has 2 aromatic carbocycles. The Kier molecular flexibility index (Phi) is 4.36. The lowest BCUT2D eigenvalue weighted by Crippen LogP contribution is -1.92. The maximum Gasteiger partial charge on any atom is 0.273 e. The molecule has 0 fully saturated rings. The van der Waals surface area contributed by atoms with Gasteiger partial charge in [0.25, 0.3) is 5.69 Å². The predicted molar refractivity (Wildman–Crippen MR) is 77.9 cm³/mol. The van der Waals surface area contributed by atoms with Crippen molar-refractivity contribution in [2.45, 2.75) is 13.0 Å². The van der Waals surface area contributed by atoms with Crippen molar-refractivity contribution in [3.8, 4) is 11.5 Å². The molecule has 0 aromatic heterocycles. The van der Waals surface area contributed by atoms with Gasteiger partial charge in [-0.05, 0) is 46.6 Å². The highest BCUT2D eigenvalue weighted by molar-refractivity contribution is 9.10. The van der Waals surface area contributed by atoms with Crippen LogP contribution in [0.2, 0.25) is 0 Å². The van der Waals surface area contributed by atoms with Gasteiger partial charge in [-0.2, -0.15) is 0 Å². The van der Waals surface area contributed by atoms with Gasteiger partial charge in [0.1, 0.15) is 11.5 Å². The van der Waals surface area contributed by atoms with Crippen molar-refractivity contribution in [1.29, 1.82) is 0 Å². The third-order valence-corrected chi connectivity index (χ3v) is 3.37. The Balaban J connectivity index is 2.25. The molecule has 20 heavy (non-hydrogen) atoms. The number of hydrogen-bond donors (Lipinski definition) is 1. The van der Waals surface area contributed by atoms with E-state index in [2.05, 4.69) is 15.9 Å². The first-order valence-electron chi connectivity index (χ1n) is 5.87. The summed E-state index contributed by atoms with van der Waals surface area (Å²) >= 11 is 3.29. The molecule has 1 unspecified atom stereocenters. The average molecular weight is 338 g/mol. The summed E-state index contributed by atoms with van der Waals surface area (Å²) in [6.45, 7) is 1.67. The Morgan fingerprint density at radius 3 is 2.45 bits per heavy atom. The molecular weight excluding hydrogens is 326 g/mol. The van der Waals surface area contributed by atoms with Crippen LogP contribution >= 0.6 is 15.9 Å². The van der Waals surface area contributed by atoms with E-state index in [1.165, 1.54) is 12.1 Å². The maximum absolute atomic E-state index is 10.7. The van der Waals surface area contributed by atoms with E-state index < -0.39 is 11.0 Å². The molecule has 0 aliphatic heterocycles. The van der Waals surface area contributed by atoms with Crippen molar-refractivity contribution < 1.29 is 14.8 Å². The summed E-state index contributed by atoms with van der Waals surface area (Å²) in [4.78, 5) is 10.3. The number of aliphatic hydroxyl groups excluding tert-OH is 1. The van der Waals surface area contributed by atoms with Gasteiger partial charge in [0.15, 0.2) is 0 Å². The fourth-order valence-electron chi connectivity index (χ4n) is 1.63. The van der Waals surface area contributed by atoms with Crippen molar-refractivity contribution in [3.05, 3.63) is 62.6 Å². The number of non-ortho nitro benzene ring substituents is 1. The average Bonchev–Trinajstić information content (AvgIpc) is 2.41. The lowest BCUT2D eigenvalue weighted by Gasteiger charge is -2.09. The number of nitrogens with zero attached hydrogens (tertiary/aromatic N) is 1. The topological polar surface area (TPSA) is 72.6 Å². The third kappa shape index (κ3) is 3.34. The van der Waals surface area contributed by atoms with Crippen LogP contribution in [0.3, 0.4) is 0 Å². The number of hydrogen-bond acceptors (Lipinski definition) is 4. The highest BCUT2D eigenvalue weighted by atomic mass is 79.9. The normalized spacial score (nSPS) is 11.9. The monoisotopic (exact) mass is 337 g/mol. The summed E-state index contributed by atoms with van der Waals surface area (Å²) in [5.41, 5.74) is 0.735. The van der Waals surface area contributed by atoms with Crippen molar-refractivity contribution in [3.63, 3.8) is 0 Å². The number of nitro groups is 1. The SMILES string of the molecule is CC(O)c1ccc(Oc2cc([N+](=O)[O-])ccc2Br)cc1. The first kappa shape index (κ1) is 14.5. The standard InChI is InChI=1S/C14H12BrNO4/c1-9(17)10-2-5-12(6-3-10)20-14-8-11(16(18)19)4-7-13(14)15/h2-9,17H,1H3. The Morgan fingerprint density at radius 1 is 1.25 bits per heavy atom. The van der Waals surface area contributed by atoms with Gasteiger partial charge in [0.05, 0.1) is 21.6 Å². The van der Waals surface area contributed by atoms with E-state index in [0.717, 1.165) is 5.56 Å². The second-order valence-corrected chi connectivity index (χ2v) is 5.07. The third-order valence-electron chi connectivity index (χ3n) is 2.72. The summed E-state index contributed by atoms with van der Waals surface area (Å²) in [6.07, 6.45) is -0.548. The molecule has 0 saturated heterocycles. The molecule has 6 heteroatoms. The molecule has 0 spiro atoms. The minimum absolute atomic E-state index is 0.0381. The Bertz CT molecular complexity index is 626. The molecular formula is C14H12BrNO4. The summed E-state index contributed by atoms with van der Waals surface area (Å²) in [5.74, 6) is 0.902. The van der Waals surface area contributed by atoms with E-state index >= 15 is 0 Å². The molecule has 2 aromatic rings. The molecule has 0 amide bonds. The van der Waals surface area contributed by atoms with Gasteiger partial charge in [0, 0.05) is 6.07 Å². The van der Waals surface area contributed by atoms with Gasteiger partial charge in [-0.15, -0.1) is 0 Å². The largest absolute Gasteiger partial charge is 0.456 e. The van der Waals surface area contributed by atoms with E-state index in [-0.39, 0.29) is 5.69 Å². The smallest absolute Gasteiger partial charge is 0.273 e. The van der Waals surface area contributed by atoms with Crippen LogP contribution in [-0.2, 0) is 0 Å². The van der Waals surface area contributed by atoms with Crippen molar-refractivity contribution >= 4 is 21.6 Å². The van der Waals surface area contributed by atoms with Crippen LogP contribution in [0.25, 0.3) is 0 Å². The summed E-state index contributed by atoms with van der Waals surface area (Å²) in [7, 11) is 0. The van der Waals surface area contributed by atoms with Gasteiger partial charge >= 0.3 is 0 Å². The number of halogens is 1. The minimum Gasteiger partial charge on any atom is -0.456 e. The van der Waals surface area contributed by atoms with Crippen LogP contribution in [0.1, 0.15) is 18.6 Å². The van der Waals surface area contributed by atoms with Crippen LogP contribution in [0.15, 0.2) is 46.9 Å². The Morgan fingerprint density at radius 2 is 1.90 bits per heavy atom. The van der Waals surface area contributed by atoms with E-state index in [1.54, 1.807) is 37.3 Å². The molecule has 2 rings (SSSR count). The molecule has 1 N–H and O–H groups in total. The van der Waals surface area contributed by atoms with Gasteiger partial charge < -0.3 is 9.84 Å². The molecule has 0 heterocycles. The van der Waals surface area contributed by atoms with Gasteiger partial charge in [0.2, 0.25) is 0 Å². The summed E-state index contributed by atoms with van der Waals surface area (Å²) in [6, 6.07) is 11.2. The number of aliphatic hydroxyl groups is 1. The quantitative estimate of drug-likeness (QED) is 0.670. The highest BCUT2D eigenvalue weighted by Crippen LogP contribution is 2.33. The molecule has 0 aliphatic carbocycles. The van der Waals surface area contributed by atoms with Crippen LogP contribution < -0.4 is 4.74 Å². The van der Waals surface area contributed by atoms with Crippen molar-refractivity contribution in [1.82, 2.24) is 0 Å². The summed E-state index contributed by atoms with van der Waals surface area (Å²) < 4.78 is 6.23. The predicted octanol–water partition coefficient (Wildman–Crippen LogP) is 4.20. The Hall–Kier alpha value is -1.92. The van der Waals surface area contributed by atoms with Crippen molar-refractivity contribution in [2.75, 3.05) is 0 Å². The van der Waals surface area contributed by atoms with E-state index in [9.17, 15) is 15.2 Å². The molecule has 1 atom stereocenters. The Labute approximate surface area is 124 Å². The zero-order valence-corrected chi connectivity index (χ0v) is 12.2. The van der Waals surface area contributed by atoms with E-state index in [0.29, 0.717) is 16.0 Å². The molecule has 104 valence electrons. The molecule has 0 aliphatic rings. The number of rotatable bonds is 4. The second-order valence-electron chi connectivity index (χ2n) is 4.22. The molecule has 0 radical (unpaired) electrons. The van der Waals surface area contributed by atoms with Crippen LogP contribution in [-0.4, -0.2) is 10.0 Å². The lowest BCUT2D eigenvalue weighted by molar-refractivity contribution is -0.384.